The fourth-order valence-corrected chi connectivity index (χ4v) is 4.85. The Balaban J connectivity index is 1.90. The number of nitrogens with one attached hydrogen (secondary N) is 3. The van der Waals surface area contributed by atoms with Gasteiger partial charge in [0.2, 0.25) is 11.7 Å². The zero-order chi connectivity index (χ0) is 35.6. The summed E-state index contributed by atoms with van der Waals surface area (Å²) >= 11 is 0. The first-order valence-corrected chi connectivity index (χ1v) is 14.9. The number of hydrogen-bond donors (Lipinski definition) is 3. The Labute approximate surface area is 273 Å². The number of aromatic nitrogens is 1. The molecule has 1 heterocycles. The summed E-state index contributed by atoms with van der Waals surface area (Å²) in [6.45, 7) is 2.43. The monoisotopic (exact) mass is 674 g/mol. The van der Waals surface area contributed by atoms with Crippen molar-refractivity contribution in [3.63, 3.8) is 0 Å². The van der Waals surface area contributed by atoms with Crippen LogP contribution in [-0.4, -0.2) is 59.0 Å². The van der Waals surface area contributed by atoms with Gasteiger partial charge in [0, 0.05) is 25.0 Å². The fourth-order valence-electron chi connectivity index (χ4n) is 4.85. The molecule has 14 heteroatoms. The molecule has 3 amide bonds. The molecular weight excluding hydrogens is 639 g/mol. The molecule has 0 aliphatic carbocycles. The predicted octanol–water partition coefficient (Wildman–Crippen LogP) is 4.70. The zero-order valence-corrected chi connectivity index (χ0v) is 26.3. The van der Waals surface area contributed by atoms with Crippen molar-refractivity contribution >= 4 is 29.3 Å². The number of rotatable bonds is 15. The van der Waals surface area contributed by atoms with Crippen molar-refractivity contribution in [2.75, 3.05) is 6.54 Å². The third kappa shape index (κ3) is 10.5. The van der Waals surface area contributed by atoms with Gasteiger partial charge in [0.25, 0.3) is 11.8 Å². The molecule has 0 aliphatic heterocycles. The number of halogens is 5. The minimum absolute atomic E-state index is 0.00580. The van der Waals surface area contributed by atoms with Gasteiger partial charge in [0.1, 0.15) is 24.3 Å². The van der Waals surface area contributed by atoms with Crippen molar-refractivity contribution < 1.29 is 45.9 Å². The highest BCUT2D eigenvalue weighted by Crippen LogP contribution is 2.30. The Hall–Kier alpha value is -5.01. The average molecular weight is 675 g/mol. The number of hydrogen-bond acceptors (Lipinski definition) is 6. The van der Waals surface area contributed by atoms with Crippen LogP contribution in [0.15, 0.2) is 79.0 Å². The molecule has 9 nitrogen and oxygen atoms in total. The smallest absolute Gasteiger partial charge is 0.341 e. The van der Waals surface area contributed by atoms with Crippen LogP contribution in [0.5, 0.6) is 0 Å². The van der Waals surface area contributed by atoms with E-state index in [9.17, 15) is 45.9 Å². The number of pyridine rings is 1. The highest BCUT2D eigenvalue weighted by Gasteiger charge is 2.52. The van der Waals surface area contributed by atoms with Crippen LogP contribution in [0.25, 0.3) is 0 Å². The molecule has 0 saturated heterocycles. The van der Waals surface area contributed by atoms with Crippen molar-refractivity contribution in [2.24, 2.45) is 11.8 Å². The summed E-state index contributed by atoms with van der Waals surface area (Å²) in [5.74, 6) is -14.5. The summed E-state index contributed by atoms with van der Waals surface area (Å²) in [6.07, 6.45) is -4.50. The summed E-state index contributed by atoms with van der Waals surface area (Å²) in [5, 5.41) is 6.22. The molecule has 0 spiro atoms. The highest BCUT2D eigenvalue weighted by molar-refractivity contribution is 6.09. The van der Waals surface area contributed by atoms with Crippen LogP contribution >= 0.6 is 0 Å². The second-order valence-corrected chi connectivity index (χ2v) is 11.5. The Bertz CT molecular complexity index is 1600. The number of benzene rings is 2. The first kappa shape index (κ1) is 37.4. The molecule has 0 bridgehead atoms. The molecule has 48 heavy (non-hydrogen) atoms. The number of carbonyl (C=O) groups excluding carboxylic acids is 5. The molecule has 256 valence electrons. The molecule has 0 radical (unpaired) electrons. The van der Waals surface area contributed by atoms with Crippen molar-refractivity contribution in [1.82, 2.24) is 20.9 Å². The number of amides is 3. The lowest BCUT2D eigenvalue weighted by molar-refractivity contribution is -0.167. The third-order valence-corrected chi connectivity index (χ3v) is 7.39. The van der Waals surface area contributed by atoms with E-state index in [0.29, 0.717) is 5.56 Å². The maximum atomic E-state index is 14.8. The zero-order valence-electron chi connectivity index (χ0n) is 26.3. The van der Waals surface area contributed by atoms with Crippen LogP contribution in [-0.2, 0) is 25.6 Å². The van der Waals surface area contributed by atoms with Gasteiger partial charge >= 0.3 is 12.1 Å². The van der Waals surface area contributed by atoms with E-state index in [1.165, 1.54) is 38.2 Å². The molecule has 0 fully saturated rings. The summed E-state index contributed by atoms with van der Waals surface area (Å²) in [6, 6.07) is 16.7. The molecule has 3 aromatic rings. The van der Waals surface area contributed by atoms with E-state index in [2.05, 4.69) is 15.6 Å². The molecule has 3 N–H and O–H groups in total. The van der Waals surface area contributed by atoms with Crippen LogP contribution in [0, 0.1) is 18.8 Å². The number of alkyl halides is 5. The highest BCUT2D eigenvalue weighted by atomic mass is 19.4. The first-order valence-electron chi connectivity index (χ1n) is 14.9. The molecular formula is C34H35F5N4O5. The lowest BCUT2D eigenvalue weighted by Crippen LogP contribution is -2.52. The van der Waals surface area contributed by atoms with Crippen LogP contribution in [0.4, 0.5) is 22.0 Å². The van der Waals surface area contributed by atoms with Crippen LogP contribution in [0.1, 0.15) is 53.5 Å². The minimum atomic E-state index is -5.00. The Morgan fingerprint density at radius 1 is 0.833 bits per heavy atom. The van der Waals surface area contributed by atoms with E-state index in [1.807, 2.05) is 13.0 Å². The summed E-state index contributed by atoms with van der Waals surface area (Å²) < 4.78 is 67.2. The minimum Gasteiger partial charge on any atom is -0.341 e. The number of carbonyl (C=O) groups is 5. The number of ketones is 2. The standard InChI is InChI=1S/C34H35F5N4O5/c1-20(2)24(29(45)34(38,39)32(48)41-19-33(35,36)37)18-27(44)28(23-12-5-4-6-13-23)43-31(47)26(17-22-11-9-10-21(3)16-22)42-30(46)25-14-7-8-15-40-25/h4-16,20,24,26,28H,17-19H2,1-3H3,(H,41,48)(H,42,46)(H,43,47)/t24-,26-,28-/m0/s1. The largest absolute Gasteiger partial charge is 0.405 e. The normalized spacial score (nSPS) is 13.6. The van der Waals surface area contributed by atoms with Crippen molar-refractivity contribution in [2.45, 2.75) is 57.8 Å². The van der Waals surface area contributed by atoms with Crippen LogP contribution in [0.2, 0.25) is 0 Å². The van der Waals surface area contributed by atoms with E-state index >= 15 is 0 Å². The van der Waals surface area contributed by atoms with Gasteiger partial charge < -0.3 is 16.0 Å². The van der Waals surface area contributed by atoms with Gasteiger partial charge in [-0.3, -0.25) is 29.0 Å². The van der Waals surface area contributed by atoms with E-state index in [0.717, 1.165) is 10.9 Å². The summed E-state index contributed by atoms with van der Waals surface area (Å²) in [7, 11) is 0. The van der Waals surface area contributed by atoms with Gasteiger partial charge in [-0.1, -0.05) is 80.1 Å². The molecule has 0 saturated carbocycles. The molecule has 3 rings (SSSR count). The second kappa shape index (κ2) is 16.2. The first-order chi connectivity index (χ1) is 22.5. The van der Waals surface area contributed by atoms with Gasteiger partial charge in [-0.25, -0.2) is 0 Å². The van der Waals surface area contributed by atoms with E-state index < -0.39 is 78.3 Å². The predicted molar refractivity (Wildman–Crippen MR) is 165 cm³/mol. The fraction of sp³-hybridized carbons (Fsp3) is 0.353. The van der Waals surface area contributed by atoms with E-state index in [4.69, 9.17) is 0 Å². The molecule has 2 aromatic carbocycles. The number of Topliss-reactive ketones (excluding diaryl/α,β-unsaturated/α-hetero) is 2. The van der Waals surface area contributed by atoms with Crippen LogP contribution in [0.3, 0.4) is 0 Å². The van der Waals surface area contributed by atoms with Crippen molar-refractivity contribution in [1.29, 1.82) is 0 Å². The van der Waals surface area contributed by atoms with Crippen LogP contribution < -0.4 is 16.0 Å². The number of aryl methyl sites for hydroxylation is 1. The molecule has 0 aliphatic rings. The van der Waals surface area contributed by atoms with E-state index in [1.54, 1.807) is 48.5 Å². The summed E-state index contributed by atoms with van der Waals surface area (Å²) in [5.41, 5.74) is 1.81. The second-order valence-electron chi connectivity index (χ2n) is 11.5. The van der Waals surface area contributed by atoms with Crippen molar-refractivity contribution in [3.8, 4) is 0 Å². The van der Waals surface area contributed by atoms with Gasteiger partial charge in [-0.2, -0.15) is 22.0 Å². The maximum absolute atomic E-state index is 14.8. The van der Waals surface area contributed by atoms with Gasteiger partial charge in [0.15, 0.2) is 5.78 Å². The topological polar surface area (TPSA) is 134 Å². The maximum Gasteiger partial charge on any atom is 0.405 e. The van der Waals surface area contributed by atoms with Gasteiger partial charge in [-0.05, 0) is 36.1 Å². The van der Waals surface area contributed by atoms with Crippen molar-refractivity contribution in [3.05, 3.63) is 101 Å². The molecule has 3 atom stereocenters. The Kier molecular flexibility index (Phi) is 12.6. The SMILES string of the molecule is Cc1cccc(C[C@H](NC(=O)c2ccccn2)C(=O)N[C@H](C(=O)C[C@H](C(=O)C(F)(F)C(=O)NCC(F)(F)F)C(C)C)c2ccccc2)c1. The third-order valence-electron chi connectivity index (χ3n) is 7.39. The lowest BCUT2D eigenvalue weighted by atomic mass is 9.82. The summed E-state index contributed by atoms with van der Waals surface area (Å²) in [4.78, 5) is 69.4. The van der Waals surface area contributed by atoms with E-state index in [-0.39, 0.29) is 17.7 Å². The molecule has 0 unspecified atom stereocenters. The Morgan fingerprint density at radius 2 is 1.50 bits per heavy atom. The quantitative estimate of drug-likeness (QED) is 0.158. The Morgan fingerprint density at radius 3 is 2.08 bits per heavy atom. The van der Waals surface area contributed by atoms with Gasteiger partial charge in [0.05, 0.1) is 0 Å². The average Bonchev–Trinajstić information content (AvgIpc) is 3.04. The lowest BCUT2D eigenvalue weighted by Gasteiger charge is -2.27. The molecule has 1 aromatic heterocycles. The number of nitrogens with zero attached hydrogens (tertiary/aromatic N) is 1. The van der Waals surface area contributed by atoms with Gasteiger partial charge in [-0.15, -0.1) is 0 Å².